The lowest BCUT2D eigenvalue weighted by molar-refractivity contribution is 0.0303. The maximum atomic E-state index is 9.32. The molecule has 2 nitrogen and oxygen atoms in total. The molecule has 0 aromatic carbocycles. The average Bonchev–Trinajstić information content (AvgIpc) is 1.98. The van der Waals surface area contributed by atoms with Crippen molar-refractivity contribution in [1.82, 2.24) is 0 Å². The van der Waals surface area contributed by atoms with E-state index in [9.17, 15) is 5.11 Å². The Morgan fingerprint density at radius 2 is 2.00 bits per heavy atom. The van der Waals surface area contributed by atoms with Crippen molar-refractivity contribution in [3.8, 4) is 0 Å². The lowest BCUT2D eigenvalue weighted by atomic mass is 9.88. The summed E-state index contributed by atoms with van der Waals surface area (Å²) in [6, 6.07) is 0. The summed E-state index contributed by atoms with van der Waals surface area (Å²) >= 11 is 0. The standard InChI is InChI=1S/C9H18O2/c1-4-5-8(7(2)3)9(11)6-10/h4,7-11H,1,5-6H2,2-3H3/t8-,9-/m1/s1. The van der Waals surface area contributed by atoms with Crippen LogP contribution >= 0.6 is 0 Å². The second-order valence-corrected chi connectivity index (χ2v) is 3.18. The number of aliphatic hydroxyl groups is 2. The molecule has 0 rings (SSSR count). The van der Waals surface area contributed by atoms with Gasteiger partial charge in [0, 0.05) is 0 Å². The first-order valence-electron chi connectivity index (χ1n) is 4.03. The van der Waals surface area contributed by atoms with Crippen molar-refractivity contribution in [2.75, 3.05) is 6.61 Å². The third-order valence-corrected chi connectivity index (χ3v) is 1.98. The predicted octanol–water partition coefficient (Wildman–Crippen LogP) is 1.19. The molecule has 0 bridgehead atoms. The quantitative estimate of drug-likeness (QED) is 0.590. The van der Waals surface area contributed by atoms with Crippen molar-refractivity contribution in [3.63, 3.8) is 0 Å². The van der Waals surface area contributed by atoms with Crippen LogP contribution in [0.1, 0.15) is 20.3 Å². The fourth-order valence-corrected chi connectivity index (χ4v) is 1.20. The summed E-state index contributed by atoms with van der Waals surface area (Å²) in [6.07, 6.45) is 1.94. The van der Waals surface area contributed by atoms with E-state index in [0.29, 0.717) is 5.92 Å². The Morgan fingerprint density at radius 1 is 1.45 bits per heavy atom. The van der Waals surface area contributed by atoms with E-state index in [2.05, 4.69) is 6.58 Å². The number of aliphatic hydroxyl groups excluding tert-OH is 2. The van der Waals surface area contributed by atoms with Crippen LogP contribution < -0.4 is 0 Å². The smallest absolute Gasteiger partial charge is 0.0804 e. The van der Waals surface area contributed by atoms with Crippen molar-refractivity contribution in [1.29, 1.82) is 0 Å². The van der Waals surface area contributed by atoms with Crippen LogP contribution in [0.15, 0.2) is 12.7 Å². The van der Waals surface area contributed by atoms with Crippen LogP contribution in [0.5, 0.6) is 0 Å². The Kier molecular flexibility index (Phi) is 5.16. The SMILES string of the molecule is C=CC[C@H](C(C)C)[C@H](O)CO. The van der Waals surface area contributed by atoms with Gasteiger partial charge in [0.05, 0.1) is 12.7 Å². The molecule has 2 atom stereocenters. The first-order chi connectivity index (χ1) is 5.13. The molecule has 2 N–H and O–H groups in total. The van der Waals surface area contributed by atoms with Crippen molar-refractivity contribution >= 4 is 0 Å². The molecule has 0 aliphatic rings. The summed E-state index contributed by atoms with van der Waals surface area (Å²) in [7, 11) is 0. The third-order valence-electron chi connectivity index (χ3n) is 1.98. The number of hydrogen-bond donors (Lipinski definition) is 2. The Hall–Kier alpha value is -0.340. The van der Waals surface area contributed by atoms with E-state index >= 15 is 0 Å². The van der Waals surface area contributed by atoms with Gasteiger partial charge in [0.15, 0.2) is 0 Å². The summed E-state index contributed by atoms with van der Waals surface area (Å²) in [5.41, 5.74) is 0. The van der Waals surface area contributed by atoms with E-state index in [1.54, 1.807) is 6.08 Å². The van der Waals surface area contributed by atoms with Crippen LogP contribution in [0.4, 0.5) is 0 Å². The van der Waals surface area contributed by atoms with Crippen LogP contribution in [-0.2, 0) is 0 Å². The van der Waals surface area contributed by atoms with E-state index in [0.717, 1.165) is 6.42 Å². The van der Waals surface area contributed by atoms with Gasteiger partial charge in [0.1, 0.15) is 0 Å². The van der Waals surface area contributed by atoms with Gasteiger partial charge in [-0.2, -0.15) is 0 Å². The van der Waals surface area contributed by atoms with Gasteiger partial charge in [-0.25, -0.2) is 0 Å². The summed E-state index contributed by atoms with van der Waals surface area (Å²) in [4.78, 5) is 0. The Labute approximate surface area is 68.6 Å². The number of allylic oxidation sites excluding steroid dienone is 1. The van der Waals surface area contributed by atoms with Gasteiger partial charge < -0.3 is 10.2 Å². The van der Waals surface area contributed by atoms with Gasteiger partial charge in [-0.1, -0.05) is 19.9 Å². The zero-order valence-corrected chi connectivity index (χ0v) is 7.33. The highest BCUT2D eigenvalue weighted by Gasteiger charge is 2.19. The molecule has 0 aliphatic carbocycles. The first-order valence-corrected chi connectivity index (χ1v) is 4.03. The minimum absolute atomic E-state index is 0.137. The molecular formula is C9H18O2. The van der Waals surface area contributed by atoms with Crippen LogP contribution in [0.3, 0.4) is 0 Å². The van der Waals surface area contributed by atoms with Gasteiger partial charge in [-0.3, -0.25) is 0 Å². The zero-order valence-electron chi connectivity index (χ0n) is 7.33. The molecule has 0 radical (unpaired) electrons. The predicted molar refractivity (Wildman–Crippen MR) is 46.2 cm³/mol. The van der Waals surface area contributed by atoms with Gasteiger partial charge in [0.25, 0.3) is 0 Å². The maximum absolute atomic E-state index is 9.32. The Morgan fingerprint density at radius 3 is 2.27 bits per heavy atom. The topological polar surface area (TPSA) is 40.5 Å². The Bertz CT molecular complexity index is 110. The van der Waals surface area contributed by atoms with E-state index in [1.165, 1.54) is 0 Å². The van der Waals surface area contributed by atoms with Crippen LogP contribution in [0.2, 0.25) is 0 Å². The van der Waals surface area contributed by atoms with Crippen molar-refractivity contribution < 1.29 is 10.2 Å². The summed E-state index contributed by atoms with van der Waals surface area (Å²) in [5.74, 6) is 0.521. The minimum Gasteiger partial charge on any atom is -0.394 e. The average molecular weight is 158 g/mol. The third kappa shape index (κ3) is 3.54. The second kappa shape index (κ2) is 5.33. The number of rotatable bonds is 5. The molecule has 0 saturated heterocycles. The fraction of sp³-hybridized carbons (Fsp3) is 0.778. The van der Waals surface area contributed by atoms with Gasteiger partial charge in [-0.05, 0) is 18.3 Å². The number of hydrogen-bond acceptors (Lipinski definition) is 2. The normalized spacial score (nSPS) is 16.5. The molecule has 0 aromatic heterocycles. The summed E-state index contributed by atoms with van der Waals surface area (Å²) < 4.78 is 0. The van der Waals surface area contributed by atoms with E-state index in [-0.39, 0.29) is 12.5 Å². The molecule has 0 heterocycles. The van der Waals surface area contributed by atoms with E-state index < -0.39 is 6.10 Å². The van der Waals surface area contributed by atoms with Crippen LogP contribution in [0, 0.1) is 11.8 Å². The highest BCUT2D eigenvalue weighted by Crippen LogP contribution is 2.19. The second-order valence-electron chi connectivity index (χ2n) is 3.18. The first kappa shape index (κ1) is 10.7. The molecular weight excluding hydrogens is 140 g/mol. The highest BCUT2D eigenvalue weighted by atomic mass is 16.3. The van der Waals surface area contributed by atoms with Gasteiger partial charge in [-0.15, -0.1) is 6.58 Å². The molecule has 0 fully saturated rings. The van der Waals surface area contributed by atoms with Crippen LogP contribution in [0.25, 0.3) is 0 Å². The summed E-state index contributed by atoms with van der Waals surface area (Å²) in [6.45, 7) is 7.52. The molecule has 2 heteroatoms. The lowest BCUT2D eigenvalue weighted by Gasteiger charge is -2.23. The molecule has 0 unspecified atom stereocenters. The lowest BCUT2D eigenvalue weighted by Crippen LogP contribution is -2.27. The molecule has 0 aliphatic heterocycles. The molecule has 0 saturated carbocycles. The summed E-state index contributed by atoms with van der Waals surface area (Å²) in [5, 5.41) is 18.0. The van der Waals surface area contributed by atoms with Crippen LogP contribution in [-0.4, -0.2) is 22.9 Å². The Balaban J connectivity index is 3.96. The maximum Gasteiger partial charge on any atom is 0.0804 e. The van der Waals surface area contributed by atoms with E-state index in [1.807, 2.05) is 13.8 Å². The van der Waals surface area contributed by atoms with Gasteiger partial charge in [0.2, 0.25) is 0 Å². The highest BCUT2D eigenvalue weighted by molar-refractivity contribution is 4.79. The van der Waals surface area contributed by atoms with Crippen molar-refractivity contribution in [3.05, 3.63) is 12.7 Å². The van der Waals surface area contributed by atoms with Gasteiger partial charge >= 0.3 is 0 Å². The minimum atomic E-state index is -0.604. The molecule has 0 spiro atoms. The molecule has 66 valence electrons. The molecule has 11 heavy (non-hydrogen) atoms. The monoisotopic (exact) mass is 158 g/mol. The van der Waals surface area contributed by atoms with E-state index in [4.69, 9.17) is 5.11 Å². The fourth-order valence-electron chi connectivity index (χ4n) is 1.20. The zero-order chi connectivity index (χ0) is 8.85. The largest absolute Gasteiger partial charge is 0.394 e. The van der Waals surface area contributed by atoms with Crippen molar-refractivity contribution in [2.24, 2.45) is 11.8 Å². The molecule has 0 aromatic rings. The van der Waals surface area contributed by atoms with Crippen molar-refractivity contribution in [2.45, 2.75) is 26.4 Å². The molecule has 0 amide bonds.